The van der Waals surface area contributed by atoms with Crippen molar-refractivity contribution in [3.05, 3.63) is 41.2 Å². The van der Waals surface area contributed by atoms with E-state index in [2.05, 4.69) is 74.3 Å². The Kier molecular flexibility index (Phi) is 6.50. The highest BCUT2D eigenvalue weighted by Crippen LogP contribution is 2.50. The summed E-state index contributed by atoms with van der Waals surface area (Å²) in [7, 11) is 0. The summed E-state index contributed by atoms with van der Waals surface area (Å²) in [5, 5.41) is 0. The molecule has 0 radical (unpaired) electrons. The fraction of sp³-hybridized carbons (Fsp3) is 0.682. The van der Waals surface area contributed by atoms with Gasteiger partial charge in [-0.2, -0.15) is 0 Å². The first-order valence-electron chi connectivity index (χ1n) is 8.82. The zero-order valence-electron chi connectivity index (χ0n) is 16.1. The highest BCUT2D eigenvalue weighted by Gasteiger charge is 2.39. The monoisotopic (exact) mass is 300 g/mol. The molecule has 0 nitrogen and oxygen atoms in total. The molecule has 2 unspecified atom stereocenters. The van der Waals surface area contributed by atoms with Gasteiger partial charge in [0, 0.05) is 0 Å². The summed E-state index contributed by atoms with van der Waals surface area (Å²) in [6.45, 7) is 25.5. The lowest BCUT2D eigenvalue weighted by molar-refractivity contribution is 0.267. The third-order valence-corrected chi connectivity index (χ3v) is 7.08. The topological polar surface area (TPSA) is 0 Å². The van der Waals surface area contributed by atoms with Gasteiger partial charge in [-0.1, -0.05) is 63.1 Å². The maximum atomic E-state index is 3.12. The summed E-state index contributed by atoms with van der Waals surface area (Å²) in [6, 6.07) is 0. The normalized spacial score (nSPS) is 38.0. The van der Waals surface area contributed by atoms with E-state index >= 15 is 0 Å². The molecule has 0 aromatic heterocycles. The van der Waals surface area contributed by atoms with Crippen molar-refractivity contribution in [2.75, 3.05) is 0 Å². The minimum Gasteiger partial charge on any atom is -0.137 e. The van der Waals surface area contributed by atoms with Crippen LogP contribution >= 0.6 is 0 Å². The van der Waals surface area contributed by atoms with Gasteiger partial charge < -0.3 is 0 Å². The van der Waals surface area contributed by atoms with Crippen molar-refractivity contribution in [1.29, 1.82) is 0 Å². The van der Waals surface area contributed by atoms with E-state index in [0.717, 1.165) is 35.5 Å². The van der Waals surface area contributed by atoms with Gasteiger partial charge in [-0.3, -0.25) is 0 Å². The summed E-state index contributed by atoms with van der Waals surface area (Å²) < 4.78 is 0. The Balaban J connectivity index is 0.000000745. The molecule has 0 heterocycles. The van der Waals surface area contributed by atoms with Crippen LogP contribution in [0.3, 0.4) is 0 Å². The number of hydrogen-bond acceptors (Lipinski definition) is 0. The molecule has 2 aliphatic rings. The lowest BCUT2D eigenvalue weighted by Gasteiger charge is -2.28. The predicted molar refractivity (Wildman–Crippen MR) is 99.8 cm³/mol. The van der Waals surface area contributed by atoms with Gasteiger partial charge in [0.25, 0.3) is 0 Å². The minimum atomic E-state index is 0.782. The van der Waals surface area contributed by atoms with Gasteiger partial charge in [-0.05, 0) is 69.6 Å². The molecule has 22 heavy (non-hydrogen) atoms. The molecule has 0 aromatic carbocycles. The molecule has 0 N–H and O–H groups in total. The van der Waals surface area contributed by atoms with Crippen molar-refractivity contribution < 1.29 is 0 Å². The first-order valence-corrected chi connectivity index (χ1v) is 8.82. The van der Waals surface area contributed by atoms with E-state index in [1.54, 1.807) is 22.3 Å². The lowest BCUT2D eigenvalue weighted by Crippen LogP contribution is -2.20. The quantitative estimate of drug-likeness (QED) is 0.388. The Morgan fingerprint density at radius 1 is 0.682 bits per heavy atom. The molecule has 124 valence electrons. The third-order valence-electron chi connectivity index (χ3n) is 7.08. The van der Waals surface area contributed by atoms with Crippen LogP contribution in [0.1, 0.15) is 61.8 Å². The number of hydrogen-bond donors (Lipinski definition) is 0. The molecule has 0 spiro atoms. The van der Waals surface area contributed by atoms with E-state index in [4.69, 9.17) is 0 Å². The Labute approximate surface area is 139 Å². The van der Waals surface area contributed by atoms with Crippen molar-refractivity contribution in [3.8, 4) is 0 Å². The number of rotatable bonds is 2. The van der Waals surface area contributed by atoms with Gasteiger partial charge in [0.1, 0.15) is 0 Å². The van der Waals surface area contributed by atoms with Crippen molar-refractivity contribution in [2.45, 2.75) is 61.8 Å². The second-order valence-electron chi connectivity index (χ2n) is 7.73. The van der Waals surface area contributed by atoms with E-state index in [1.807, 2.05) is 0 Å². The van der Waals surface area contributed by atoms with Gasteiger partial charge in [0.15, 0.2) is 0 Å². The standard InChI is InChI=1S/C19H32.C3H4/c1-10-11(2)15(6)18(14(10)5)9-19-16(7)12(3)13(4)17(19)8;1-3-2/h10,12,14,16,18-19H,9H2,1-8H3;1-2H2/t10-,12-,14?,16?,18-,19-;/m1./s1. The second kappa shape index (κ2) is 7.51. The van der Waals surface area contributed by atoms with E-state index in [9.17, 15) is 0 Å². The van der Waals surface area contributed by atoms with Gasteiger partial charge in [-0.25, -0.2) is 0 Å². The van der Waals surface area contributed by atoms with Gasteiger partial charge in [-0.15, -0.1) is 5.73 Å². The lowest BCUT2D eigenvalue weighted by atomic mass is 9.76. The summed E-state index contributed by atoms with van der Waals surface area (Å²) >= 11 is 0. The molecule has 0 aromatic rings. The van der Waals surface area contributed by atoms with E-state index < -0.39 is 0 Å². The molecule has 2 aliphatic carbocycles. The van der Waals surface area contributed by atoms with Crippen LogP contribution in [0.4, 0.5) is 0 Å². The maximum absolute atomic E-state index is 3.12. The minimum absolute atomic E-state index is 0.782. The average molecular weight is 301 g/mol. The molecule has 6 atom stereocenters. The predicted octanol–water partition coefficient (Wildman–Crippen LogP) is 6.81. The molecular weight excluding hydrogens is 264 g/mol. The van der Waals surface area contributed by atoms with Crippen LogP contribution in [0.25, 0.3) is 0 Å². The first kappa shape index (κ1) is 19.0. The molecule has 0 heteroatoms. The van der Waals surface area contributed by atoms with Crippen molar-refractivity contribution in [1.82, 2.24) is 0 Å². The first-order chi connectivity index (χ1) is 10.2. The Morgan fingerprint density at radius 2 is 0.955 bits per heavy atom. The smallest absolute Gasteiger partial charge is 0.0166 e. The van der Waals surface area contributed by atoms with Gasteiger partial charge in [0.2, 0.25) is 0 Å². The van der Waals surface area contributed by atoms with Crippen LogP contribution in [-0.2, 0) is 0 Å². The molecule has 0 bridgehead atoms. The second-order valence-corrected chi connectivity index (χ2v) is 7.73. The van der Waals surface area contributed by atoms with E-state index in [0.29, 0.717) is 0 Å². The van der Waals surface area contributed by atoms with E-state index in [-0.39, 0.29) is 0 Å². The summed E-state index contributed by atoms with van der Waals surface area (Å²) in [6.07, 6.45) is 1.38. The van der Waals surface area contributed by atoms with Crippen LogP contribution in [-0.4, -0.2) is 0 Å². The highest BCUT2D eigenvalue weighted by molar-refractivity contribution is 5.28. The third kappa shape index (κ3) is 3.33. The van der Waals surface area contributed by atoms with Crippen molar-refractivity contribution in [2.24, 2.45) is 35.5 Å². The zero-order valence-corrected chi connectivity index (χ0v) is 16.1. The van der Waals surface area contributed by atoms with Crippen molar-refractivity contribution in [3.63, 3.8) is 0 Å². The van der Waals surface area contributed by atoms with Crippen LogP contribution in [0, 0.1) is 35.5 Å². The summed E-state index contributed by atoms with van der Waals surface area (Å²) in [5.74, 6) is 4.85. The molecular formula is C22H36. The van der Waals surface area contributed by atoms with Crippen molar-refractivity contribution >= 4 is 0 Å². The Hall–Kier alpha value is -1.00. The Morgan fingerprint density at radius 3 is 1.14 bits per heavy atom. The van der Waals surface area contributed by atoms with Crippen LogP contribution < -0.4 is 0 Å². The van der Waals surface area contributed by atoms with Gasteiger partial charge >= 0.3 is 0 Å². The SMILES string of the molecule is C=C=C.CC1=C(C)[C@H](C[C@H]2C(C)=C(C)[C@@H](C)C2C)C(C)[C@@H]1C. The summed E-state index contributed by atoms with van der Waals surface area (Å²) in [5.41, 5.74) is 8.96. The molecule has 0 saturated carbocycles. The molecule has 2 rings (SSSR count). The average Bonchev–Trinajstić information content (AvgIpc) is 2.77. The Bertz CT molecular complexity index is 456. The fourth-order valence-corrected chi connectivity index (χ4v) is 4.63. The molecule has 0 fully saturated rings. The molecule has 0 saturated heterocycles. The fourth-order valence-electron chi connectivity index (χ4n) is 4.63. The summed E-state index contributed by atoms with van der Waals surface area (Å²) in [4.78, 5) is 0. The van der Waals surface area contributed by atoms with Gasteiger partial charge in [0.05, 0.1) is 0 Å². The number of allylic oxidation sites excluding steroid dienone is 4. The van der Waals surface area contributed by atoms with Crippen LogP contribution in [0.2, 0.25) is 0 Å². The molecule has 0 amide bonds. The maximum Gasteiger partial charge on any atom is -0.0166 e. The highest BCUT2D eigenvalue weighted by atomic mass is 14.4. The molecule has 0 aliphatic heterocycles. The van der Waals surface area contributed by atoms with Crippen LogP contribution in [0.15, 0.2) is 41.2 Å². The zero-order chi connectivity index (χ0) is 17.2. The van der Waals surface area contributed by atoms with E-state index in [1.165, 1.54) is 6.42 Å². The largest absolute Gasteiger partial charge is 0.137 e. The van der Waals surface area contributed by atoms with Crippen LogP contribution in [0.5, 0.6) is 0 Å².